The molecule has 0 aliphatic carbocycles. The molecule has 1 N–H and O–H groups in total. The predicted octanol–water partition coefficient (Wildman–Crippen LogP) is 3.13. The first-order valence-electron chi connectivity index (χ1n) is 7.33. The predicted molar refractivity (Wildman–Crippen MR) is 80.8 cm³/mol. The highest BCUT2D eigenvalue weighted by Crippen LogP contribution is 2.17. The summed E-state index contributed by atoms with van der Waals surface area (Å²) in [4.78, 5) is 15.2. The minimum atomic E-state index is 0.200. The van der Waals surface area contributed by atoms with E-state index in [1.807, 2.05) is 22.4 Å². The van der Waals surface area contributed by atoms with Crippen LogP contribution in [0.5, 0.6) is 0 Å². The van der Waals surface area contributed by atoms with Crippen molar-refractivity contribution >= 4 is 17.2 Å². The molecule has 2 heterocycles. The first-order valence-corrected chi connectivity index (χ1v) is 8.21. The molecule has 4 heteroatoms. The van der Waals surface area contributed by atoms with Crippen molar-refractivity contribution < 1.29 is 4.79 Å². The summed E-state index contributed by atoms with van der Waals surface area (Å²) in [6, 6.07) is 4.91. The lowest BCUT2D eigenvalue weighted by Gasteiger charge is -2.35. The Morgan fingerprint density at radius 1 is 1.53 bits per heavy atom. The Balaban J connectivity index is 1.91. The van der Waals surface area contributed by atoms with Crippen LogP contribution < -0.4 is 5.32 Å². The van der Waals surface area contributed by atoms with Crippen LogP contribution in [-0.2, 0) is 0 Å². The molecule has 106 valence electrons. The van der Waals surface area contributed by atoms with Crippen LogP contribution in [0.2, 0.25) is 0 Å². The maximum atomic E-state index is 12.3. The SMILES string of the molecule is CCC(CC)N[C@H]1CCCN(C(=O)c2cccs2)C1. The fraction of sp³-hybridized carbons (Fsp3) is 0.667. The van der Waals surface area contributed by atoms with Crippen LogP contribution in [0.1, 0.15) is 49.2 Å². The number of rotatable bonds is 5. The minimum Gasteiger partial charge on any atom is -0.336 e. The van der Waals surface area contributed by atoms with Gasteiger partial charge in [0.15, 0.2) is 0 Å². The fourth-order valence-corrected chi connectivity index (χ4v) is 3.40. The van der Waals surface area contributed by atoms with Gasteiger partial charge in [-0.1, -0.05) is 19.9 Å². The molecule has 0 bridgehead atoms. The molecule has 1 fully saturated rings. The summed E-state index contributed by atoms with van der Waals surface area (Å²) in [5.74, 6) is 0.200. The maximum absolute atomic E-state index is 12.3. The van der Waals surface area contributed by atoms with E-state index in [2.05, 4.69) is 19.2 Å². The molecule has 1 atom stereocenters. The van der Waals surface area contributed by atoms with E-state index < -0.39 is 0 Å². The van der Waals surface area contributed by atoms with E-state index in [0.717, 1.165) is 37.2 Å². The monoisotopic (exact) mass is 280 g/mol. The number of piperidine rings is 1. The molecular formula is C15H24N2OS. The number of nitrogens with zero attached hydrogens (tertiary/aromatic N) is 1. The van der Waals surface area contributed by atoms with E-state index in [9.17, 15) is 4.79 Å². The van der Waals surface area contributed by atoms with Crippen LogP contribution in [0.4, 0.5) is 0 Å². The Hall–Kier alpha value is -0.870. The molecule has 0 aromatic carbocycles. The first kappa shape index (κ1) is 14.5. The molecule has 1 saturated heterocycles. The van der Waals surface area contributed by atoms with Gasteiger partial charge in [-0.25, -0.2) is 0 Å². The third-order valence-corrected chi connectivity index (χ3v) is 4.76. The molecule has 3 nitrogen and oxygen atoms in total. The van der Waals surface area contributed by atoms with Crippen molar-refractivity contribution in [2.24, 2.45) is 0 Å². The van der Waals surface area contributed by atoms with E-state index in [1.165, 1.54) is 17.8 Å². The summed E-state index contributed by atoms with van der Waals surface area (Å²) in [6.45, 7) is 6.20. The Morgan fingerprint density at radius 3 is 2.95 bits per heavy atom. The molecule has 0 radical (unpaired) electrons. The molecule has 0 saturated carbocycles. The number of thiophene rings is 1. The second kappa shape index (κ2) is 7.06. The molecule has 2 rings (SSSR count). The molecule has 19 heavy (non-hydrogen) atoms. The van der Waals surface area contributed by atoms with Crippen LogP contribution >= 0.6 is 11.3 Å². The quantitative estimate of drug-likeness (QED) is 0.898. The zero-order chi connectivity index (χ0) is 13.7. The van der Waals surface area contributed by atoms with Crippen molar-refractivity contribution in [3.8, 4) is 0 Å². The lowest BCUT2D eigenvalue weighted by atomic mass is 10.0. The van der Waals surface area contributed by atoms with E-state index in [-0.39, 0.29) is 5.91 Å². The lowest BCUT2D eigenvalue weighted by molar-refractivity contribution is 0.0693. The minimum absolute atomic E-state index is 0.200. The Labute approximate surface area is 120 Å². The number of nitrogens with one attached hydrogen (secondary N) is 1. The third kappa shape index (κ3) is 3.80. The van der Waals surface area contributed by atoms with E-state index >= 15 is 0 Å². The van der Waals surface area contributed by atoms with Gasteiger partial charge in [0.05, 0.1) is 4.88 Å². The molecular weight excluding hydrogens is 256 g/mol. The summed E-state index contributed by atoms with van der Waals surface area (Å²) in [5, 5.41) is 5.66. The van der Waals surface area contributed by atoms with Gasteiger partial charge >= 0.3 is 0 Å². The molecule has 0 unspecified atom stereocenters. The zero-order valence-electron chi connectivity index (χ0n) is 11.9. The van der Waals surface area contributed by atoms with Crippen LogP contribution in [0.25, 0.3) is 0 Å². The smallest absolute Gasteiger partial charge is 0.263 e. The second-order valence-electron chi connectivity index (χ2n) is 5.25. The van der Waals surface area contributed by atoms with Crippen molar-refractivity contribution in [2.75, 3.05) is 13.1 Å². The molecule has 1 aromatic heterocycles. The Bertz CT molecular complexity index is 387. The van der Waals surface area contributed by atoms with Gasteiger partial charge in [-0.2, -0.15) is 0 Å². The number of carbonyl (C=O) groups excluding carboxylic acids is 1. The van der Waals surface area contributed by atoms with Gasteiger partial charge in [-0.05, 0) is 37.1 Å². The highest BCUT2D eigenvalue weighted by molar-refractivity contribution is 7.12. The van der Waals surface area contributed by atoms with Crippen molar-refractivity contribution in [2.45, 2.75) is 51.6 Å². The molecule has 1 aliphatic rings. The first-order chi connectivity index (χ1) is 9.24. The number of hydrogen-bond donors (Lipinski definition) is 1. The van der Waals surface area contributed by atoms with Gasteiger partial charge in [-0.3, -0.25) is 4.79 Å². The molecule has 0 spiro atoms. The largest absolute Gasteiger partial charge is 0.336 e. The summed E-state index contributed by atoms with van der Waals surface area (Å²) in [7, 11) is 0. The number of likely N-dealkylation sites (tertiary alicyclic amines) is 1. The number of hydrogen-bond acceptors (Lipinski definition) is 3. The Kier molecular flexibility index (Phi) is 5.40. The standard InChI is InChI=1S/C15H24N2OS/c1-3-12(4-2)16-13-7-5-9-17(11-13)15(18)14-8-6-10-19-14/h6,8,10,12-13,16H,3-5,7,9,11H2,1-2H3/t13-/m0/s1. The van der Waals surface area contributed by atoms with Gasteiger partial charge in [0.25, 0.3) is 5.91 Å². The average Bonchev–Trinajstić information content (AvgIpc) is 2.98. The topological polar surface area (TPSA) is 32.3 Å². The number of carbonyl (C=O) groups is 1. The van der Waals surface area contributed by atoms with Gasteiger partial charge in [0, 0.05) is 25.2 Å². The normalized spacial score (nSPS) is 19.9. The lowest BCUT2D eigenvalue weighted by Crippen LogP contribution is -2.50. The fourth-order valence-electron chi connectivity index (χ4n) is 2.71. The van der Waals surface area contributed by atoms with Gasteiger partial charge < -0.3 is 10.2 Å². The van der Waals surface area contributed by atoms with Gasteiger partial charge in [-0.15, -0.1) is 11.3 Å². The maximum Gasteiger partial charge on any atom is 0.263 e. The van der Waals surface area contributed by atoms with Crippen LogP contribution in [0.3, 0.4) is 0 Å². The van der Waals surface area contributed by atoms with Crippen LogP contribution in [0.15, 0.2) is 17.5 Å². The van der Waals surface area contributed by atoms with Crippen LogP contribution in [0, 0.1) is 0 Å². The highest BCUT2D eigenvalue weighted by atomic mass is 32.1. The third-order valence-electron chi connectivity index (χ3n) is 3.90. The molecule has 1 aromatic rings. The van der Waals surface area contributed by atoms with E-state index in [4.69, 9.17) is 0 Å². The summed E-state index contributed by atoms with van der Waals surface area (Å²) in [6.07, 6.45) is 4.61. The molecule has 1 aliphatic heterocycles. The Morgan fingerprint density at radius 2 is 2.32 bits per heavy atom. The van der Waals surface area contributed by atoms with E-state index in [0.29, 0.717) is 12.1 Å². The highest BCUT2D eigenvalue weighted by Gasteiger charge is 2.25. The van der Waals surface area contributed by atoms with Gasteiger partial charge in [0.1, 0.15) is 0 Å². The number of amides is 1. The van der Waals surface area contributed by atoms with E-state index in [1.54, 1.807) is 0 Å². The van der Waals surface area contributed by atoms with Crippen molar-refractivity contribution in [1.29, 1.82) is 0 Å². The van der Waals surface area contributed by atoms with Crippen LogP contribution in [-0.4, -0.2) is 36.0 Å². The average molecular weight is 280 g/mol. The van der Waals surface area contributed by atoms with Gasteiger partial charge in [0.2, 0.25) is 0 Å². The molecule has 1 amide bonds. The van der Waals surface area contributed by atoms with Crippen molar-refractivity contribution in [1.82, 2.24) is 10.2 Å². The van der Waals surface area contributed by atoms with Crippen molar-refractivity contribution in [3.63, 3.8) is 0 Å². The second-order valence-corrected chi connectivity index (χ2v) is 6.20. The summed E-state index contributed by atoms with van der Waals surface area (Å²) < 4.78 is 0. The van der Waals surface area contributed by atoms with Crippen molar-refractivity contribution in [3.05, 3.63) is 22.4 Å². The summed E-state index contributed by atoms with van der Waals surface area (Å²) in [5.41, 5.74) is 0. The summed E-state index contributed by atoms with van der Waals surface area (Å²) >= 11 is 1.54. The zero-order valence-corrected chi connectivity index (χ0v) is 12.7.